The van der Waals surface area contributed by atoms with Gasteiger partial charge in [-0.15, -0.1) is 0 Å². The summed E-state index contributed by atoms with van der Waals surface area (Å²) in [5, 5.41) is 14.3. The highest BCUT2D eigenvalue weighted by atomic mass is 32.2. The van der Waals surface area contributed by atoms with E-state index in [1.807, 2.05) is 0 Å². The lowest BCUT2D eigenvalue weighted by atomic mass is 9.75. The molecule has 1 aromatic carbocycles. The van der Waals surface area contributed by atoms with Crippen LogP contribution in [0.1, 0.15) is 44.9 Å². The fourth-order valence-electron chi connectivity index (χ4n) is 3.90. The van der Waals surface area contributed by atoms with Crippen molar-refractivity contribution in [3.63, 3.8) is 0 Å². The van der Waals surface area contributed by atoms with E-state index in [0.717, 1.165) is 32.2 Å². The zero-order chi connectivity index (χ0) is 17.2. The molecule has 8 heteroatoms. The number of nitro groups is 1. The van der Waals surface area contributed by atoms with Gasteiger partial charge in [0.2, 0.25) is 10.0 Å². The fourth-order valence-corrected chi connectivity index (χ4v) is 5.17. The Balaban J connectivity index is 1.70. The normalized spacial score (nSPS) is 23.9. The third-order valence-corrected chi connectivity index (χ3v) is 6.66. The van der Waals surface area contributed by atoms with E-state index in [4.69, 9.17) is 0 Å². The van der Waals surface area contributed by atoms with Crippen LogP contribution in [0.25, 0.3) is 0 Å². The molecule has 1 saturated heterocycles. The Labute approximate surface area is 142 Å². The van der Waals surface area contributed by atoms with Crippen LogP contribution in [0.3, 0.4) is 0 Å². The van der Waals surface area contributed by atoms with Gasteiger partial charge in [-0.3, -0.25) is 10.1 Å². The van der Waals surface area contributed by atoms with Crippen molar-refractivity contribution in [1.29, 1.82) is 0 Å². The van der Waals surface area contributed by atoms with Gasteiger partial charge in [0.15, 0.2) is 0 Å². The first kappa shape index (κ1) is 17.3. The van der Waals surface area contributed by atoms with Gasteiger partial charge in [0, 0.05) is 23.7 Å². The molecule has 1 aromatic rings. The quantitative estimate of drug-likeness (QED) is 0.639. The summed E-state index contributed by atoms with van der Waals surface area (Å²) in [6.07, 6.45) is 7.39. The number of piperidine rings is 1. The molecule has 0 bridgehead atoms. The SMILES string of the molecule is O=[N+]([O-])c1ccc(S(=O)(=O)NC2CCNC3(CCCCC3)C2)cc1. The summed E-state index contributed by atoms with van der Waals surface area (Å²) in [4.78, 5) is 10.2. The van der Waals surface area contributed by atoms with Gasteiger partial charge < -0.3 is 5.32 Å². The highest BCUT2D eigenvalue weighted by Crippen LogP contribution is 2.35. The largest absolute Gasteiger partial charge is 0.311 e. The molecule has 3 rings (SSSR count). The molecule has 0 amide bonds. The second-order valence-electron chi connectivity index (χ2n) is 6.83. The van der Waals surface area contributed by atoms with Gasteiger partial charge in [0.25, 0.3) is 5.69 Å². The molecule has 1 heterocycles. The van der Waals surface area contributed by atoms with Gasteiger partial charge in [-0.2, -0.15) is 0 Å². The Kier molecular flexibility index (Phi) is 4.89. The zero-order valence-electron chi connectivity index (χ0n) is 13.5. The Hall–Kier alpha value is -1.51. The Morgan fingerprint density at radius 3 is 2.46 bits per heavy atom. The van der Waals surface area contributed by atoms with Crippen LogP contribution in [0, 0.1) is 10.1 Å². The number of sulfonamides is 1. The molecule has 1 saturated carbocycles. The smallest absolute Gasteiger partial charge is 0.269 e. The summed E-state index contributed by atoms with van der Waals surface area (Å²) in [7, 11) is -3.66. The number of nitro benzene ring substituents is 1. The lowest BCUT2D eigenvalue weighted by Gasteiger charge is -2.44. The molecule has 132 valence electrons. The van der Waals surface area contributed by atoms with E-state index < -0.39 is 14.9 Å². The van der Waals surface area contributed by atoms with Crippen molar-refractivity contribution in [1.82, 2.24) is 10.0 Å². The van der Waals surface area contributed by atoms with Gasteiger partial charge in [-0.1, -0.05) is 19.3 Å². The van der Waals surface area contributed by atoms with E-state index in [1.165, 1.54) is 43.5 Å². The number of nitrogens with one attached hydrogen (secondary N) is 2. The minimum absolute atomic E-state index is 0.0686. The Morgan fingerprint density at radius 1 is 1.17 bits per heavy atom. The van der Waals surface area contributed by atoms with Crippen LogP contribution in [0.4, 0.5) is 5.69 Å². The Morgan fingerprint density at radius 2 is 1.83 bits per heavy atom. The summed E-state index contributed by atoms with van der Waals surface area (Å²) in [5.41, 5.74) is -0.0453. The summed E-state index contributed by atoms with van der Waals surface area (Å²) in [6, 6.07) is 4.93. The van der Waals surface area contributed by atoms with Crippen LogP contribution < -0.4 is 10.0 Å². The predicted molar refractivity (Wildman–Crippen MR) is 90.3 cm³/mol. The molecular formula is C16H23N3O4S. The lowest BCUT2D eigenvalue weighted by Crippen LogP contribution is -2.57. The number of rotatable bonds is 4. The first-order chi connectivity index (χ1) is 11.4. The number of hydrogen-bond acceptors (Lipinski definition) is 5. The standard InChI is InChI=1S/C16H23N3O4S/c20-19(21)14-4-6-15(7-5-14)24(22,23)18-13-8-11-17-16(12-13)9-2-1-3-10-16/h4-7,13,17-18H,1-3,8-12H2. The topological polar surface area (TPSA) is 101 Å². The van der Waals surface area contributed by atoms with Crippen molar-refractivity contribution >= 4 is 15.7 Å². The van der Waals surface area contributed by atoms with Crippen LogP contribution in [0.2, 0.25) is 0 Å². The molecule has 2 aliphatic rings. The molecule has 0 aromatic heterocycles. The Bertz CT molecular complexity index is 691. The molecule has 1 spiro atoms. The third-order valence-electron chi connectivity index (χ3n) is 5.12. The molecule has 1 atom stereocenters. The van der Waals surface area contributed by atoms with Crippen LogP contribution >= 0.6 is 0 Å². The van der Waals surface area contributed by atoms with E-state index in [9.17, 15) is 18.5 Å². The molecule has 1 aliphatic heterocycles. The van der Waals surface area contributed by atoms with E-state index in [0.29, 0.717) is 0 Å². The lowest BCUT2D eigenvalue weighted by molar-refractivity contribution is -0.384. The van der Waals surface area contributed by atoms with Gasteiger partial charge in [-0.05, 0) is 44.4 Å². The molecule has 2 N–H and O–H groups in total. The predicted octanol–water partition coefficient (Wildman–Crippen LogP) is 2.33. The van der Waals surface area contributed by atoms with Crippen molar-refractivity contribution in [2.75, 3.05) is 6.54 Å². The van der Waals surface area contributed by atoms with Crippen LogP contribution in [0.15, 0.2) is 29.2 Å². The molecular weight excluding hydrogens is 330 g/mol. The number of hydrogen-bond donors (Lipinski definition) is 2. The van der Waals surface area contributed by atoms with E-state index in [2.05, 4.69) is 10.0 Å². The number of nitrogens with zero attached hydrogens (tertiary/aromatic N) is 1. The van der Waals surface area contributed by atoms with Gasteiger partial charge >= 0.3 is 0 Å². The molecule has 1 aliphatic carbocycles. The van der Waals surface area contributed by atoms with Crippen molar-refractivity contribution in [2.45, 2.75) is 61.4 Å². The van der Waals surface area contributed by atoms with Crippen molar-refractivity contribution in [3.05, 3.63) is 34.4 Å². The maximum absolute atomic E-state index is 12.6. The van der Waals surface area contributed by atoms with E-state index in [-0.39, 0.29) is 22.2 Å². The van der Waals surface area contributed by atoms with Crippen molar-refractivity contribution < 1.29 is 13.3 Å². The molecule has 2 fully saturated rings. The molecule has 24 heavy (non-hydrogen) atoms. The summed E-state index contributed by atoms with van der Waals surface area (Å²) in [5.74, 6) is 0. The maximum atomic E-state index is 12.6. The van der Waals surface area contributed by atoms with Crippen LogP contribution in [-0.4, -0.2) is 31.5 Å². The molecule has 0 radical (unpaired) electrons. The van der Waals surface area contributed by atoms with E-state index >= 15 is 0 Å². The minimum Gasteiger partial charge on any atom is -0.311 e. The highest BCUT2D eigenvalue weighted by Gasteiger charge is 2.38. The monoisotopic (exact) mass is 353 g/mol. The van der Waals surface area contributed by atoms with Gasteiger partial charge in [-0.25, -0.2) is 13.1 Å². The average Bonchev–Trinajstić information content (AvgIpc) is 2.55. The number of non-ortho nitro benzene ring substituents is 1. The zero-order valence-corrected chi connectivity index (χ0v) is 14.3. The first-order valence-corrected chi connectivity index (χ1v) is 9.90. The highest BCUT2D eigenvalue weighted by molar-refractivity contribution is 7.89. The second kappa shape index (κ2) is 6.78. The third kappa shape index (κ3) is 3.76. The number of benzene rings is 1. The maximum Gasteiger partial charge on any atom is 0.269 e. The van der Waals surface area contributed by atoms with Gasteiger partial charge in [0.1, 0.15) is 0 Å². The van der Waals surface area contributed by atoms with Crippen molar-refractivity contribution in [2.24, 2.45) is 0 Å². The van der Waals surface area contributed by atoms with Crippen molar-refractivity contribution in [3.8, 4) is 0 Å². The van der Waals surface area contributed by atoms with Gasteiger partial charge in [0.05, 0.1) is 9.82 Å². The summed E-state index contributed by atoms with van der Waals surface area (Å²) >= 11 is 0. The minimum atomic E-state index is -3.66. The summed E-state index contributed by atoms with van der Waals surface area (Å²) < 4.78 is 27.9. The fraction of sp³-hybridized carbons (Fsp3) is 0.625. The molecule has 7 nitrogen and oxygen atoms in total. The van der Waals surface area contributed by atoms with E-state index in [1.54, 1.807) is 0 Å². The first-order valence-electron chi connectivity index (χ1n) is 8.42. The van der Waals surface area contributed by atoms with Crippen LogP contribution in [-0.2, 0) is 10.0 Å². The van der Waals surface area contributed by atoms with Crippen LogP contribution in [0.5, 0.6) is 0 Å². The second-order valence-corrected chi connectivity index (χ2v) is 8.54. The molecule has 1 unspecified atom stereocenters. The average molecular weight is 353 g/mol. The summed E-state index contributed by atoms with van der Waals surface area (Å²) in [6.45, 7) is 0.813.